The maximum Gasteiger partial charge on any atom is 0.138 e. The van der Waals surface area contributed by atoms with Crippen LogP contribution in [0.25, 0.3) is 5.69 Å². The van der Waals surface area contributed by atoms with E-state index in [1.54, 1.807) is 10.7 Å². The van der Waals surface area contributed by atoms with Crippen LogP contribution < -0.4 is 0 Å². The second-order valence-electron chi connectivity index (χ2n) is 3.25. The van der Waals surface area contributed by atoms with Crippen LogP contribution in [0, 0.1) is 13.8 Å². The summed E-state index contributed by atoms with van der Waals surface area (Å²) in [4.78, 5) is 4.04. The Hall–Kier alpha value is -1.06. The van der Waals surface area contributed by atoms with Crippen molar-refractivity contribution in [3.63, 3.8) is 0 Å². The normalized spacial score (nSPS) is 10.7. The minimum atomic E-state index is 0.569. The minimum Gasteiger partial charge on any atom is -0.220 e. The van der Waals surface area contributed by atoms with Crippen molar-refractivity contribution in [2.75, 3.05) is 0 Å². The Kier molecular flexibility index (Phi) is 2.67. The van der Waals surface area contributed by atoms with Crippen molar-refractivity contribution in [3.8, 4) is 5.69 Å². The summed E-state index contributed by atoms with van der Waals surface area (Å²) < 4.78 is 1.64. The third kappa shape index (κ3) is 1.73. The lowest BCUT2D eigenvalue weighted by molar-refractivity contribution is 0.839. The van der Waals surface area contributed by atoms with Gasteiger partial charge in [0.15, 0.2) is 0 Å². The summed E-state index contributed by atoms with van der Waals surface area (Å²) in [6.45, 7) is 3.77. The van der Waals surface area contributed by atoms with Crippen LogP contribution in [0.4, 0.5) is 0 Å². The fourth-order valence-corrected chi connectivity index (χ4v) is 1.89. The number of benzene rings is 1. The molecule has 0 radical (unpaired) electrons. The fourth-order valence-electron chi connectivity index (χ4n) is 1.35. The van der Waals surface area contributed by atoms with Crippen molar-refractivity contribution in [2.24, 2.45) is 0 Å². The highest BCUT2D eigenvalue weighted by Gasteiger charge is 2.12. The third-order valence-corrected chi connectivity index (χ3v) is 2.97. The van der Waals surface area contributed by atoms with Crippen molar-refractivity contribution < 1.29 is 0 Å². The summed E-state index contributed by atoms with van der Waals surface area (Å²) in [5, 5.41) is 5.26. The molecule has 5 heteroatoms. The molecule has 0 saturated carbocycles. The van der Waals surface area contributed by atoms with Gasteiger partial charge in [-0.05, 0) is 25.5 Å². The van der Waals surface area contributed by atoms with E-state index in [1.807, 2.05) is 19.9 Å². The number of rotatable bonds is 1. The van der Waals surface area contributed by atoms with Crippen LogP contribution in [0.3, 0.4) is 0 Å². The van der Waals surface area contributed by atoms with E-state index < -0.39 is 0 Å². The molecule has 0 atom stereocenters. The highest BCUT2D eigenvalue weighted by atomic mass is 35.5. The Morgan fingerprint density at radius 2 is 1.93 bits per heavy atom. The first-order valence-corrected chi connectivity index (χ1v) is 5.18. The fraction of sp³-hybridized carbons (Fsp3) is 0.200. The summed E-state index contributed by atoms with van der Waals surface area (Å²) in [7, 11) is 0. The Bertz CT molecular complexity index is 505. The number of aromatic nitrogens is 3. The number of hydrogen-bond donors (Lipinski definition) is 0. The van der Waals surface area contributed by atoms with Crippen LogP contribution >= 0.6 is 23.2 Å². The van der Waals surface area contributed by atoms with Gasteiger partial charge in [-0.2, -0.15) is 5.10 Å². The molecule has 0 saturated heterocycles. The Balaban J connectivity index is 2.72. The molecule has 0 aliphatic rings. The summed E-state index contributed by atoms with van der Waals surface area (Å²) >= 11 is 12.3. The Labute approximate surface area is 97.7 Å². The lowest BCUT2D eigenvalue weighted by Crippen LogP contribution is -2.01. The molecule has 1 heterocycles. The van der Waals surface area contributed by atoms with Crippen LogP contribution in [0.5, 0.6) is 0 Å². The molecule has 1 aromatic heterocycles. The first-order chi connectivity index (χ1) is 7.11. The average molecular weight is 242 g/mol. The molecule has 1 aromatic carbocycles. The van der Waals surface area contributed by atoms with Gasteiger partial charge < -0.3 is 0 Å². The van der Waals surface area contributed by atoms with E-state index in [9.17, 15) is 0 Å². The second-order valence-corrected chi connectivity index (χ2v) is 4.03. The van der Waals surface area contributed by atoms with E-state index in [2.05, 4.69) is 10.1 Å². The lowest BCUT2D eigenvalue weighted by Gasteiger charge is -2.09. The predicted molar refractivity (Wildman–Crippen MR) is 60.9 cm³/mol. The van der Waals surface area contributed by atoms with Gasteiger partial charge in [0.1, 0.15) is 17.8 Å². The maximum absolute atomic E-state index is 6.19. The van der Waals surface area contributed by atoms with Crippen molar-refractivity contribution in [2.45, 2.75) is 13.8 Å². The molecular formula is C10H9Cl2N3. The van der Waals surface area contributed by atoms with E-state index in [4.69, 9.17) is 23.2 Å². The van der Waals surface area contributed by atoms with Gasteiger partial charge in [0.2, 0.25) is 0 Å². The van der Waals surface area contributed by atoms with Gasteiger partial charge in [-0.25, -0.2) is 9.67 Å². The Morgan fingerprint density at radius 3 is 2.53 bits per heavy atom. The summed E-state index contributed by atoms with van der Waals surface area (Å²) in [6, 6.07) is 3.68. The number of aryl methyl sites for hydroxylation is 2. The molecule has 0 bridgehead atoms. The monoisotopic (exact) mass is 241 g/mol. The van der Waals surface area contributed by atoms with E-state index in [0.29, 0.717) is 15.7 Å². The lowest BCUT2D eigenvalue weighted by atomic mass is 10.2. The highest BCUT2D eigenvalue weighted by molar-refractivity contribution is 6.38. The first-order valence-electron chi connectivity index (χ1n) is 4.43. The number of hydrogen-bond acceptors (Lipinski definition) is 2. The molecule has 2 aromatic rings. The molecular weight excluding hydrogens is 233 g/mol. The van der Waals surface area contributed by atoms with Gasteiger partial charge in [0.25, 0.3) is 0 Å². The molecule has 0 amide bonds. The Morgan fingerprint density at radius 1 is 1.20 bits per heavy atom. The topological polar surface area (TPSA) is 30.7 Å². The van der Waals surface area contributed by atoms with E-state index in [0.717, 1.165) is 11.4 Å². The standard InChI is InChI=1S/C10H9Cl2N3/c1-6-3-4-8(11)10(9(6)12)15-7(2)13-5-14-15/h3-5H,1-2H3. The van der Waals surface area contributed by atoms with Gasteiger partial charge in [0, 0.05) is 0 Å². The van der Waals surface area contributed by atoms with Gasteiger partial charge in [-0.1, -0.05) is 29.3 Å². The van der Waals surface area contributed by atoms with Crippen LogP contribution in [-0.2, 0) is 0 Å². The quantitative estimate of drug-likeness (QED) is 0.768. The van der Waals surface area contributed by atoms with Crippen LogP contribution in [0.15, 0.2) is 18.5 Å². The molecule has 0 unspecified atom stereocenters. The average Bonchev–Trinajstić information content (AvgIpc) is 2.60. The van der Waals surface area contributed by atoms with Gasteiger partial charge in [-0.15, -0.1) is 0 Å². The SMILES string of the molecule is Cc1ccc(Cl)c(-n2ncnc2C)c1Cl. The molecule has 2 rings (SSSR count). The van der Waals surface area contributed by atoms with Crippen molar-refractivity contribution in [3.05, 3.63) is 39.9 Å². The third-order valence-electron chi connectivity index (χ3n) is 2.19. The summed E-state index contributed by atoms with van der Waals surface area (Å²) in [5.74, 6) is 0.754. The van der Waals surface area contributed by atoms with Gasteiger partial charge in [0.05, 0.1) is 10.0 Å². The molecule has 0 aliphatic heterocycles. The zero-order chi connectivity index (χ0) is 11.0. The molecule has 78 valence electrons. The molecule has 15 heavy (non-hydrogen) atoms. The molecule has 3 nitrogen and oxygen atoms in total. The number of halogens is 2. The molecule has 0 N–H and O–H groups in total. The molecule has 0 spiro atoms. The van der Waals surface area contributed by atoms with Gasteiger partial charge >= 0.3 is 0 Å². The van der Waals surface area contributed by atoms with E-state index in [1.165, 1.54) is 6.33 Å². The molecule has 0 fully saturated rings. The molecule has 0 aliphatic carbocycles. The second kappa shape index (κ2) is 3.83. The number of nitrogens with zero attached hydrogens (tertiary/aromatic N) is 3. The van der Waals surface area contributed by atoms with E-state index in [-0.39, 0.29) is 0 Å². The van der Waals surface area contributed by atoms with Gasteiger partial charge in [-0.3, -0.25) is 0 Å². The van der Waals surface area contributed by atoms with Crippen LogP contribution in [0.2, 0.25) is 10.0 Å². The van der Waals surface area contributed by atoms with Crippen molar-refractivity contribution in [1.29, 1.82) is 0 Å². The first kappa shape index (κ1) is 10.5. The van der Waals surface area contributed by atoms with Crippen molar-refractivity contribution in [1.82, 2.24) is 14.8 Å². The highest BCUT2D eigenvalue weighted by Crippen LogP contribution is 2.31. The summed E-state index contributed by atoms with van der Waals surface area (Å²) in [6.07, 6.45) is 1.48. The van der Waals surface area contributed by atoms with Crippen LogP contribution in [-0.4, -0.2) is 14.8 Å². The van der Waals surface area contributed by atoms with Crippen LogP contribution in [0.1, 0.15) is 11.4 Å². The zero-order valence-corrected chi connectivity index (χ0v) is 9.84. The zero-order valence-electron chi connectivity index (χ0n) is 8.33. The largest absolute Gasteiger partial charge is 0.220 e. The smallest absolute Gasteiger partial charge is 0.138 e. The minimum absolute atomic E-state index is 0.569. The maximum atomic E-state index is 6.19. The van der Waals surface area contributed by atoms with E-state index >= 15 is 0 Å². The summed E-state index contributed by atoms with van der Waals surface area (Å²) in [5.41, 5.74) is 1.65. The predicted octanol–water partition coefficient (Wildman–Crippen LogP) is 3.19. The van der Waals surface area contributed by atoms with Crippen molar-refractivity contribution >= 4 is 23.2 Å².